The summed E-state index contributed by atoms with van der Waals surface area (Å²) in [6.07, 6.45) is 4.83. The molecule has 3 heteroatoms. The molecular weight excluding hydrogens is 198 g/mol. The van der Waals surface area contributed by atoms with Crippen LogP contribution < -0.4 is 5.73 Å². The Balaban J connectivity index is 2.18. The number of aromatic nitrogens is 2. The van der Waals surface area contributed by atoms with E-state index >= 15 is 0 Å². The Morgan fingerprint density at radius 2 is 2.19 bits per heavy atom. The molecule has 0 saturated carbocycles. The van der Waals surface area contributed by atoms with E-state index in [9.17, 15) is 0 Å². The number of anilines is 1. The molecule has 2 aliphatic rings. The van der Waals surface area contributed by atoms with E-state index in [1.165, 1.54) is 29.8 Å². The quantitative estimate of drug-likeness (QED) is 0.786. The normalized spacial score (nSPS) is 31.5. The van der Waals surface area contributed by atoms with E-state index in [0.29, 0.717) is 17.8 Å². The topological polar surface area (TPSA) is 51.8 Å². The minimum atomic E-state index is 0.474. The lowest BCUT2D eigenvalue weighted by atomic mass is 9.73. The van der Waals surface area contributed by atoms with E-state index in [4.69, 9.17) is 5.73 Å². The van der Waals surface area contributed by atoms with Gasteiger partial charge < -0.3 is 5.73 Å². The zero-order valence-electron chi connectivity index (χ0n) is 10.0. The molecule has 0 radical (unpaired) electrons. The van der Waals surface area contributed by atoms with E-state index in [1.54, 1.807) is 0 Å². The average molecular weight is 217 g/mol. The first kappa shape index (κ1) is 10.1. The van der Waals surface area contributed by atoms with Crippen LogP contribution in [-0.2, 0) is 6.42 Å². The molecule has 1 heterocycles. The molecular formula is C13H19N3. The summed E-state index contributed by atoms with van der Waals surface area (Å²) in [6.45, 7) is 4.61. The molecule has 0 saturated heterocycles. The lowest BCUT2D eigenvalue weighted by molar-refractivity contribution is 0.347. The molecule has 1 aromatic heterocycles. The van der Waals surface area contributed by atoms with E-state index in [-0.39, 0.29) is 0 Å². The molecule has 3 rings (SSSR count). The van der Waals surface area contributed by atoms with Crippen molar-refractivity contribution >= 4 is 5.95 Å². The second kappa shape index (κ2) is 3.44. The van der Waals surface area contributed by atoms with Gasteiger partial charge in [-0.2, -0.15) is 0 Å². The third-order valence-corrected chi connectivity index (χ3v) is 4.34. The first-order chi connectivity index (χ1) is 7.70. The van der Waals surface area contributed by atoms with E-state index in [1.807, 2.05) is 0 Å². The Morgan fingerprint density at radius 3 is 2.94 bits per heavy atom. The fourth-order valence-electron chi connectivity index (χ4n) is 3.64. The van der Waals surface area contributed by atoms with Crippen LogP contribution in [0.3, 0.4) is 0 Å². The van der Waals surface area contributed by atoms with Gasteiger partial charge in [0.2, 0.25) is 5.95 Å². The van der Waals surface area contributed by atoms with Crippen LogP contribution in [0.25, 0.3) is 0 Å². The van der Waals surface area contributed by atoms with Crippen molar-refractivity contribution in [1.82, 2.24) is 9.97 Å². The van der Waals surface area contributed by atoms with Crippen LogP contribution in [0, 0.1) is 5.92 Å². The Morgan fingerprint density at radius 1 is 1.38 bits per heavy atom. The van der Waals surface area contributed by atoms with Crippen molar-refractivity contribution in [2.45, 2.75) is 51.4 Å². The fraction of sp³-hybridized carbons (Fsp3) is 0.692. The summed E-state index contributed by atoms with van der Waals surface area (Å²) in [4.78, 5) is 8.94. The molecule has 1 aromatic rings. The second-order valence-electron chi connectivity index (χ2n) is 5.29. The van der Waals surface area contributed by atoms with Crippen LogP contribution in [0.2, 0.25) is 0 Å². The molecule has 0 spiro atoms. The minimum Gasteiger partial charge on any atom is -0.368 e. The molecule has 2 aliphatic carbocycles. The molecule has 1 unspecified atom stereocenters. The van der Waals surface area contributed by atoms with Gasteiger partial charge in [0.25, 0.3) is 0 Å². The molecule has 16 heavy (non-hydrogen) atoms. The second-order valence-corrected chi connectivity index (χ2v) is 5.29. The predicted molar refractivity (Wildman–Crippen MR) is 64.3 cm³/mol. The third-order valence-electron chi connectivity index (χ3n) is 4.34. The molecule has 86 valence electrons. The van der Waals surface area contributed by atoms with Crippen LogP contribution >= 0.6 is 0 Å². The van der Waals surface area contributed by atoms with Crippen molar-refractivity contribution in [3.05, 3.63) is 17.0 Å². The lowest BCUT2D eigenvalue weighted by Crippen LogP contribution is -2.22. The standard InChI is InChI=1S/C13H19N3/c1-3-9-7(2)6-8-4-5-10-11(8)12(9)16-13(14)15-10/h7-9H,3-6H2,1-2H3,(H2,14,15,16)/t7-,8?,9-/m1/s1. The highest BCUT2D eigenvalue weighted by Crippen LogP contribution is 2.49. The number of aryl methyl sites for hydroxylation is 1. The van der Waals surface area contributed by atoms with Gasteiger partial charge in [0.15, 0.2) is 0 Å². The molecule has 3 atom stereocenters. The number of nitrogens with two attached hydrogens (primary N) is 1. The summed E-state index contributed by atoms with van der Waals surface area (Å²) in [5, 5.41) is 0. The zero-order chi connectivity index (χ0) is 11.3. The number of rotatable bonds is 1. The SMILES string of the molecule is CC[C@H]1c2nc(N)nc3c2C(CC3)C[C@H]1C. The highest BCUT2D eigenvalue weighted by Gasteiger charge is 2.38. The number of hydrogen-bond donors (Lipinski definition) is 1. The monoisotopic (exact) mass is 217 g/mol. The van der Waals surface area contributed by atoms with Gasteiger partial charge in [-0.25, -0.2) is 9.97 Å². The van der Waals surface area contributed by atoms with Crippen LogP contribution in [0.1, 0.15) is 61.9 Å². The van der Waals surface area contributed by atoms with Gasteiger partial charge in [0.05, 0.1) is 5.69 Å². The fourth-order valence-corrected chi connectivity index (χ4v) is 3.64. The molecule has 0 amide bonds. The third kappa shape index (κ3) is 1.27. The van der Waals surface area contributed by atoms with Gasteiger partial charge in [-0.05, 0) is 43.1 Å². The molecule has 0 aliphatic heterocycles. The largest absolute Gasteiger partial charge is 0.368 e. The summed E-state index contributed by atoms with van der Waals surface area (Å²) in [6, 6.07) is 0. The van der Waals surface area contributed by atoms with Gasteiger partial charge >= 0.3 is 0 Å². The highest BCUT2D eigenvalue weighted by atomic mass is 15.0. The Bertz CT molecular complexity index is 427. The van der Waals surface area contributed by atoms with Crippen LogP contribution in [0.15, 0.2) is 0 Å². The summed E-state index contributed by atoms with van der Waals surface area (Å²) < 4.78 is 0. The highest BCUT2D eigenvalue weighted by molar-refractivity contribution is 5.42. The number of nitrogens with zero attached hydrogens (tertiary/aromatic N) is 2. The van der Waals surface area contributed by atoms with Crippen molar-refractivity contribution in [2.75, 3.05) is 5.73 Å². The molecule has 0 aromatic carbocycles. The summed E-state index contributed by atoms with van der Waals surface area (Å²) in [5.41, 5.74) is 9.78. The van der Waals surface area contributed by atoms with Crippen LogP contribution in [0.5, 0.6) is 0 Å². The molecule has 3 nitrogen and oxygen atoms in total. The van der Waals surface area contributed by atoms with Crippen molar-refractivity contribution in [3.63, 3.8) is 0 Å². The molecule has 0 bridgehead atoms. The zero-order valence-corrected chi connectivity index (χ0v) is 10.0. The van der Waals surface area contributed by atoms with Crippen molar-refractivity contribution in [2.24, 2.45) is 5.92 Å². The Hall–Kier alpha value is -1.12. The maximum absolute atomic E-state index is 5.82. The Kier molecular flexibility index (Phi) is 2.16. The van der Waals surface area contributed by atoms with Gasteiger partial charge in [0.1, 0.15) is 0 Å². The van der Waals surface area contributed by atoms with Gasteiger partial charge in [-0.1, -0.05) is 13.8 Å². The van der Waals surface area contributed by atoms with Gasteiger partial charge in [0, 0.05) is 11.6 Å². The predicted octanol–water partition coefficient (Wildman–Crippen LogP) is 2.62. The van der Waals surface area contributed by atoms with Crippen molar-refractivity contribution < 1.29 is 0 Å². The van der Waals surface area contributed by atoms with Crippen molar-refractivity contribution in [1.29, 1.82) is 0 Å². The van der Waals surface area contributed by atoms with Crippen LogP contribution in [0.4, 0.5) is 5.95 Å². The van der Waals surface area contributed by atoms with E-state index in [0.717, 1.165) is 18.8 Å². The van der Waals surface area contributed by atoms with Gasteiger partial charge in [-0.3, -0.25) is 0 Å². The number of nitrogen functional groups attached to an aromatic ring is 1. The number of hydrogen-bond acceptors (Lipinski definition) is 3. The lowest BCUT2D eigenvalue weighted by Gasteiger charge is -2.33. The maximum Gasteiger partial charge on any atom is 0.220 e. The first-order valence-electron chi connectivity index (χ1n) is 6.36. The van der Waals surface area contributed by atoms with Gasteiger partial charge in [-0.15, -0.1) is 0 Å². The summed E-state index contributed by atoms with van der Waals surface area (Å²) in [5.74, 6) is 2.52. The first-order valence-corrected chi connectivity index (χ1v) is 6.36. The average Bonchev–Trinajstić information content (AvgIpc) is 2.62. The molecule has 0 fully saturated rings. The Labute approximate surface area is 96.5 Å². The maximum atomic E-state index is 5.82. The van der Waals surface area contributed by atoms with Crippen molar-refractivity contribution in [3.8, 4) is 0 Å². The summed E-state index contributed by atoms with van der Waals surface area (Å²) >= 11 is 0. The smallest absolute Gasteiger partial charge is 0.220 e. The van der Waals surface area contributed by atoms with E-state index < -0.39 is 0 Å². The van der Waals surface area contributed by atoms with Crippen LogP contribution in [-0.4, -0.2) is 9.97 Å². The summed E-state index contributed by atoms with van der Waals surface area (Å²) in [7, 11) is 0. The minimum absolute atomic E-state index is 0.474. The van der Waals surface area contributed by atoms with E-state index in [2.05, 4.69) is 23.8 Å². The molecule has 2 N–H and O–H groups in total.